The molecule has 1 aromatic carbocycles. The molecule has 0 aliphatic carbocycles. The van der Waals surface area contributed by atoms with E-state index in [4.69, 9.17) is 5.73 Å². The number of nitrogens with two attached hydrogens (primary N) is 1. The Morgan fingerprint density at radius 3 is 2.30 bits per heavy atom. The molecule has 122 valence electrons. The number of rotatable bonds is 4. The Morgan fingerprint density at radius 1 is 1.13 bits per heavy atom. The molecule has 2 aromatic rings. The number of carbonyl (C=O) groups is 1. The lowest BCUT2D eigenvalue weighted by Crippen LogP contribution is -2.42. The normalized spacial score (nSPS) is 11.1. The molecule has 4 heteroatoms. The number of pyridine rings is 1. The Bertz CT molecular complexity index is 700. The molecule has 2 rings (SSSR count). The second-order valence-electron chi connectivity index (χ2n) is 6.37. The van der Waals surface area contributed by atoms with E-state index >= 15 is 0 Å². The minimum atomic E-state index is 0.0417. The van der Waals surface area contributed by atoms with E-state index in [0.29, 0.717) is 11.4 Å². The highest BCUT2D eigenvalue weighted by Crippen LogP contribution is 2.27. The number of nitrogen functional groups attached to an aromatic ring is 1. The number of nitrogens with zero attached hydrogens (tertiary/aromatic N) is 2. The number of aromatic nitrogens is 1. The number of aryl methyl sites for hydroxylation is 1. The van der Waals surface area contributed by atoms with Gasteiger partial charge in [0.05, 0.1) is 0 Å². The maximum absolute atomic E-state index is 13.1. The summed E-state index contributed by atoms with van der Waals surface area (Å²) in [4.78, 5) is 19.2. The van der Waals surface area contributed by atoms with Gasteiger partial charge < -0.3 is 10.6 Å². The fourth-order valence-electron chi connectivity index (χ4n) is 2.86. The predicted octanol–water partition coefficient (Wildman–Crippen LogP) is 3.90. The number of amides is 1. The molecule has 0 aliphatic rings. The lowest BCUT2D eigenvalue weighted by Gasteiger charge is -2.31. The molecule has 2 N–H and O–H groups in total. The van der Waals surface area contributed by atoms with E-state index in [1.165, 1.54) is 0 Å². The van der Waals surface area contributed by atoms with Gasteiger partial charge in [0.2, 0.25) is 0 Å². The highest BCUT2D eigenvalue weighted by Gasteiger charge is 2.24. The van der Waals surface area contributed by atoms with Crippen LogP contribution in [0.5, 0.6) is 0 Å². The van der Waals surface area contributed by atoms with Crippen LogP contribution in [0.25, 0.3) is 11.1 Å². The van der Waals surface area contributed by atoms with Gasteiger partial charge in [0.15, 0.2) is 0 Å². The lowest BCUT2D eigenvalue weighted by atomic mass is 9.98. The largest absolute Gasteiger partial charge is 0.383 e. The monoisotopic (exact) mass is 311 g/mol. The van der Waals surface area contributed by atoms with Crippen LogP contribution >= 0.6 is 0 Å². The van der Waals surface area contributed by atoms with Crippen molar-refractivity contribution in [2.24, 2.45) is 0 Å². The summed E-state index contributed by atoms with van der Waals surface area (Å²) in [5.74, 6) is 0.559. The van der Waals surface area contributed by atoms with Crippen molar-refractivity contribution < 1.29 is 4.79 Å². The molecule has 0 spiro atoms. The van der Waals surface area contributed by atoms with E-state index in [9.17, 15) is 4.79 Å². The van der Waals surface area contributed by atoms with Crippen molar-refractivity contribution in [2.75, 3.05) is 5.73 Å². The Morgan fingerprint density at radius 2 is 1.74 bits per heavy atom. The molecule has 0 radical (unpaired) electrons. The zero-order valence-electron chi connectivity index (χ0n) is 14.5. The first-order valence-corrected chi connectivity index (χ1v) is 7.97. The minimum Gasteiger partial charge on any atom is -0.383 e. The highest BCUT2D eigenvalue weighted by atomic mass is 16.2. The van der Waals surface area contributed by atoms with Crippen LogP contribution in [0.3, 0.4) is 0 Å². The average Bonchev–Trinajstić information content (AvgIpc) is 2.49. The van der Waals surface area contributed by atoms with Crippen molar-refractivity contribution in [2.45, 2.75) is 46.7 Å². The number of anilines is 1. The van der Waals surface area contributed by atoms with Crippen LogP contribution in [-0.2, 0) is 0 Å². The number of benzene rings is 1. The molecule has 0 saturated carbocycles. The SMILES string of the molecule is Cc1cc(-c2ccccc2C(=O)N(C(C)C)C(C)C)cnc1N. The van der Waals surface area contributed by atoms with E-state index in [-0.39, 0.29) is 18.0 Å². The van der Waals surface area contributed by atoms with Gasteiger partial charge in [-0.3, -0.25) is 4.79 Å². The smallest absolute Gasteiger partial charge is 0.254 e. The van der Waals surface area contributed by atoms with Crippen molar-refractivity contribution in [3.63, 3.8) is 0 Å². The van der Waals surface area contributed by atoms with Gasteiger partial charge in [-0.25, -0.2) is 4.98 Å². The van der Waals surface area contributed by atoms with Gasteiger partial charge in [0.1, 0.15) is 5.82 Å². The van der Waals surface area contributed by atoms with Crippen LogP contribution in [0.1, 0.15) is 43.6 Å². The van der Waals surface area contributed by atoms with Crippen LogP contribution in [0.4, 0.5) is 5.82 Å². The summed E-state index contributed by atoms with van der Waals surface area (Å²) in [6.07, 6.45) is 1.73. The molecule has 1 amide bonds. The Labute approximate surface area is 138 Å². The second kappa shape index (κ2) is 6.82. The molecule has 1 aromatic heterocycles. The average molecular weight is 311 g/mol. The number of carbonyl (C=O) groups excluding carboxylic acids is 1. The summed E-state index contributed by atoms with van der Waals surface area (Å²) in [6, 6.07) is 9.92. The molecule has 0 atom stereocenters. The lowest BCUT2D eigenvalue weighted by molar-refractivity contribution is 0.0644. The Hall–Kier alpha value is -2.36. The van der Waals surface area contributed by atoms with E-state index in [1.54, 1.807) is 6.20 Å². The molecular formula is C19H25N3O. The predicted molar refractivity (Wildman–Crippen MR) is 95.3 cm³/mol. The van der Waals surface area contributed by atoms with Gasteiger partial charge in [-0.1, -0.05) is 18.2 Å². The maximum Gasteiger partial charge on any atom is 0.254 e. The van der Waals surface area contributed by atoms with Crippen LogP contribution < -0.4 is 5.73 Å². The van der Waals surface area contributed by atoms with Crippen LogP contribution in [0, 0.1) is 6.92 Å². The van der Waals surface area contributed by atoms with E-state index in [1.807, 2.05) is 69.9 Å². The maximum atomic E-state index is 13.1. The highest BCUT2D eigenvalue weighted by molar-refractivity contribution is 6.01. The number of hydrogen-bond acceptors (Lipinski definition) is 3. The first-order valence-electron chi connectivity index (χ1n) is 7.97. The molecule has 0 aliphatic heterocycles. The zero-order chi connectivity index (χ0) is 17.1. The molecule has 1 heterocycles. The van der Waals surface area contributed by atoms with Crippen LogP contribution in [-0.4, -0.2) is 27.9 Å². The Kier molecular flexibility index (Phi) is 5.04. The van der Waals surface area contributed by atoms with E-state index in [2.05, 4.69) is 4.98 Å². The molecule has 0 saturated heterocycles. The zero-order valence-corrected chi connectivity index (χ0v) is 14.5. The minimum absolute atomic E-state index is 0.0417. The summed E-state index contributed by atoms with van der Waals surface area (Å²) in [5.41, 5.74) is 9.21. The summed E-state index contributed by atoms with van der Waals surface area (Å²) in [6.45, 7) is 10.1. The third-order valence-corrected chi connectivity index (χ3v) is 3.93. The standard InChI is InChI=1S/C19H25N3O/c1-12(2)22(13(3)4)19(23)17-9-7-6-8-16(17)15-10-14(5)18(20)21-11-15/h6-13H,1-5H3,(H2,20,21). The van der Waals surface area contributed by atoms with E-state index < -0.39 is 0 Å². The molecule has 4 nitrogen and oxygen atoms in total. The van der Waals surface area contributed by atoms with Gasteiger partial charge in [0, 0.05) is 29.4 Å². The van der Waals surface area contributed by atoms with Crippen molar-refractivity contribution in [3.05, 3.63) is 47.7 Å². The fraction of sp³-hybridized carbons (Fsp3) is 0.368. The van der Waals surface area contributed by atoms with E-state index in [0.717, 1.165) is 16.7 Å². The summed E-state index contributed by atoms with van der Waals surface area (Å²) < 4.78 is 0. The second-order valence-corrected chi connectivity index (χ2v) is 6.37. The van der Waals surface area contributed by atoms with Gasteiger partial charge in [0.25, 0.3) is 5.91 Å². The molecule has 23 heavy (non-hydrogen) atoms. The third-order valence-electron chi connectivity index (χ3n) is 3.93. The van der Waals surface area contributed by atoms with Gasteiger partial charge in [-0.2, -0.15) is 0 Å². The van der Waals surface area contributed by atoms with Gasteiger partial charge >= 0.3 is 0 Å². The van der Waals surface area contributed by atoms with Crippen LogP contribution in [0.2, 0.25) is 0 Å². The van der Waals surface area contributed by atoms with Crippen molar-refractivity contribution in [1.29, 1.82) is 0 Å². The first-order chi connectivity index (χ1) is 10.8. The summed E-state index contributed by atoms with van der Waals surface area (Å²) in [5, 5.41) is 0. The molecule has 0 bridgehead atoms. The van der Waals surface area contributed by atoms with Gasteiger partial charge in [-0.05, 0) is 57.9 Å². The van der Waals surface area contributed by atoms with Crippen LogP contribution in [0.15, 0.2) is 36.5 Å². The molecular weight excluding hydrogens is 286 g/mol. The summed E-state index contributed by atoms with van der Waals surface area (Å²) >= 11 is 0. The van der Waals surface area contributed by atoms with Gasteiger partial charge in [-0.15, -0.1) is 0 Å². The van der Waals surface area contributed by atoms with Crippen molar-refractivity contribution in [3.8, 4) is 11.1 Å². The van der Waals surface area contributed by atoms with Crippen molar-refractivity contribution in [1.82, 2.24) is 9.88 Å². The fourth-order valence-corrected chi connectivity index (χ4v) is 2.86. The topological polar surface area (TPSA) is 59.2 Å². The number of hydrogen-bond donors (Lipinski definition) is 1. The van der Waals surface area contributed by atoms with Crippen molar-refractivity contribution >= 4 is 11.7 Å². The quantitative estimate of drug-likeness (QED) is 0.931. The summed E-state index contributed by atoms with van der Waals surface area (Å²) in [7, 11) is 0. The molecule has 0 unspecified atom stereocenters. The molecule has 0 fully saturated rings. The third kappa shape index (κ3) is 3.52. The Balaban J connectivity index is 2.52. The first kappa shape index (κ1) is 17.0.